The number of benzene rings is 1. The number of hydrogen-bond acceptors (Lipinski definition) is 1. The first-order valence-corrected chi connectivity index (χ1v) is 7.25. The van der Waals surface area contributed by atoms with E-state index in [9.17, 15) is 22.4 Å². The van der Waals surface area contributed by atoms with Gasteiger partial charge in [-0.1, -0.05) is 26.2 Å². The zero-order chi connectivity index (χ0) is 15.6. The van der Waals surface area contributed by atoms with Crippen molar-refractivity contribution < 1.29 is 22.4 Å². The van der Waals surface area contributed by atoms with Gasteiger partial charge in [-0.25, -0.2) is 4.39 Å². The molecule has 1 nitrogen and oxygen atoms in total. The van der Waals surface area contributed by atoms with Gasteiger partial charge in [0.05, 0.1) is 5.56 Å². The molecule has 0 saturated heterocycles. The van der Waals surface area contributed by atoms with E-state index in [-0.39, 0.29) is 23.2 Å². The molecule has 0 bridgehead atoms. The highest BCUT2D eigenvalue weighted by Gasteiger charge is 2.36. The molecule has 5 heteroatoms. The Kier molecular flexibility index (Phi) is 4.69. The predicted octanol–water partition coefficient (Wildman–Crippen LogP) is 5.24. The molecule has 116 valence electrons. The average molecular weight is 302 g/mol. The molecule has 0 radical (unpaired) electrons. The lowest BCUT2D eigenvalue weighted by Crippen LogP contribution is -2.27. The summed E-state index contributed by atoms with van der Waals surface area (Å²) < 4.78 is 51.5. The average Bonchev–Trinajstić information content (AvgIpc) is 2.45. The molecule has 0 N–H and O–H groups in total. The summed E-state index contributed by atoms with van der Waals surface area (Å²) in [6.07, 6.45) is -0.336. The van der Waals surface area contributed by atoms with Crippen LogP contribution in [0, 0.1) is 17.7 Å². The van der Waals surface area contributed by atoms with Gasteiger partial charge >= 0.3 is 6.18 Å². The van der Waals surface area contributed by atoms with Crippen LogP contribution in [0.4, 0.5) is 17.6 Å². The van der Waals surface area contributed by atoms with Crippen molar-refractivity contribution in [1.82, 2.24) is 0 Å². The molecule has 0 aliphatic heterocycles. The van der Waals surface area contributed by atoms with Gasteiger partial charge in [-0.3, -0.25) is 4.79 Å². The highest BCUT2D eigenvalue weighted by Crippen LogP contribution is 2.36. The van der Waals surface area contributed by atoms with Gasteiger partial charge in [0.1, 0.15) is 5.82 Å². The summed E-state index contributed by atoms with van der Waals surface area (Å²) in [5, 5.41) is 0. The SMILES string of the molecule is CCC1CCCCC1C(=O)c1ccc(F)c(C(F)(F)F)c1. The Hall–Kier alpha value is -1.39. The zero-order valence-electron chi connectivity index (χ0n) is 11.8. The molecule has 1 aliphatic rings. The van der Waals surface area contributed by atoms with Crippen LogP contribution in [0.25, 0.3) is 0 Å². The summed E-state index contributed by atoms with van der Waals surface area (Å²) in [6, 6.07) is 2.55. The first-order valence-electron chi connectivity index (χ1n) is 7.25. The molecule has 2 unspecified atom stereocenters. The monoisotopic (exact) mass is 302 g/mol. The highest BCUT2D eigenvalue weighted by molar-refractivity contribution is 5.98. The summed E-state index contributed by atoms with van der Waals surface area (Å²) in [6.45, 7) is 1.99. The number of carbonyl (C=O) groups is 1. The van der Waals surface area contributed by atoms with Crippen molar-refractivity contribution in [3.8, 4) is 0 Å². The third-order valence-corrected chi connectivity index (χ3v) is 4.33. The second-order valence-corrected chi connectivity index (χ2v) is 5.62. The van der Waals surface area contributed by atoms with Crippen LogP contribution in [-0.4, -0.2) is 5.78 Å². The summed E-state index contributed by atoms with van der Waals surface area (Å²) in [5.41, 5.74) is -1.40. The molecular weight excluding hydrogens is 284 g/mol. The first kappa shape index (κ1) is 16.0. The van der Waals surface area contributed by atoms with Gasteiger partial charge < -0.3 is 0 Å². The van der Waals surface area contributed by atoms with E-state index in [4.69, 9.17) is 0 Å². The lowest BCUT2D eigenvalue weighted by molar-refractivity contribution is -0.140. The van der Waals surface area contributed by atoms with Crippen molar-refractivity contribution in [1.29, 1.82) is 0 Å². The van der Waals surface area contributed by atoms with Crippen LogP contribution in [0.1, 0.15) is 54.9 Å². The fraction of sp³-hybridized carbons (Fsp3) is 0.562. The number of hydrogen-bond donors (Lipinski definition) is 0. The number of carbonyl (C=O) groups excluding carboxylic acids is 1. The molecule has 21 heavy (non-hydrogen) atoms. The van der Waals surface area contributed by atoms with Crippen LogP contribution in [0.2, 0.25) is 0 Å². The van der Waals surface area contributed by atoms with Crippen LogP contribution >= 0.6 is 0 Å². The topological polar surface area (TPSA) is 17.1 Å². The minimum atomic E-state index is -4.78. The Morgan fingerprint density at radius 1 is 1.24 bits per heavy atom. The molecule has 1 fully saturated rings. The molecule has 0 aromatic heterocycles. The van der Waals surface area contributed by atoms with Crippen LogP contribution < -0.4 is 0 Å². The van der Waals surface area contributed by atoms with Crippen LogP contribution in [0.15, 0.2) is 18.2 Å². The molecule has 0 spiro atoms. The summed E-state index contributed by atoms with van der Waals surface area (Å²) in [7, 11) is 0. The molecule has 2 atom stereocenters. The second kappa shape index (κ2) is 6.16. The van der Waals surface area contributed by atoms with E-state index >= 15 is 0 Å². The standard InChI is InChI=1S/C16H18F4O/c1-2-10-5-3-4-6-12(10)15(21)11-7-8-14(17)13(9-11)16(18,19)20/h7-10,12H,2-6H2,1H3. The van der Waals surface area contributed by atoms with Gasteiger partial charge in [-0.15, -0.1) is 0 Å². The minimum absolute atomic E-state index is 0.0333. The first-order chi connectivity index (χ1) is 9.84. The maximum absolute atomic E-state index is 13.3. The minimum Gasteiger partial charge on any atom is -0.294 e. The van der Waals surface area contributed by atoms with E-state index in [1.807, 2.05) is 6.92 Å². The summed E-state index contributed by atoms with van der Waals surface area (Å²) in [5.74, 6) is -1.65. The molecule has 1 aliphatic carbocycles. The Morgan fingerprint density at radius 2 is 1.90 bits per heavy atom. The summed E-state index contributed by atoms with van der Waals surface area (Å²) >= 11 is 0. The number of halogens is 4. The Bertz CT molecular complexity index is 521. The lowest BCUT2D eigenvalue weighted by atomic mass is 9.74. The van der Waals surface area contributed by atoms with E-state index in [2.05, 4.69) is 0 Å². The van der Waals surface area contributed by atoms with Crippen molar-refractivity contribution in [2.24, 2.45) is 11.8 Å². The van der Waals surface area contributed by atoms with Crippen molar-refractivity contribution >= 4 is 5.78 Å². The van der Waals surface area contributed by atoms with Crippen molar-refractivity contribution in [3.05, 3.63) is 35.1 Å². The number of rotatable bonds is 3. The van der Waals surface area contributed by atoms with Gasteiger partial charge in [0.15, 0.2) is 5.78 Å². The third kappa shape index (κ3) is 3.44. The van der Waals surface area contributed by atoms with Gasteiger partial charge in [0.2, 0.25) is 0 Å². The van der Waals surface area contributed by atoms with E-state index in [1.165, 1.54) is 0 Å². The van der Waals surface area contributed by atoms with Crippen molar-refractivity contribution in [3.63, 3.8) is 0 Å². The molecule has 1 saturated carbocycles. The van der Waals surface area contributed by atoms with E-state index in [0.717, 1.165) is 37.8 Å². The maximum Gasteiger partial charge on any atom is 0.419 e. The normalized spacial score (nSPS) is 23.1. The smallest absolute Gasteiger partial charge is 0.294 e. The van der Waals surface area contributed by atoms with Gasteiger partial charge in [-0.05, 0) is 37.0 Å². The van der Waals surface area contributed by atoms with E-state index in [1.54, 1.807) is 0 Å². The summed E-state index contributed by atoms with van der Waals surface area (Å²) in [4.78, 5) is 12.5. The van der Waals surface area contributed by atoms with E-state index < -0.39 is 17.6 Å². The van der Waals surface area contributed by atoms with E-state index in [0.29, 0.717) is 12.5 Å². The van der Waals surface area contributed by atoms with Gasteiger partial charge in [-0.2, -0.15) is 13.2 Å². The quantitative estimate of drug-likeness (QED) is 0.551. The van der Waals surface area contributed by atoms with Crippen LogP contribution in [-0.2, 0) is 6.18 Å². The fourth-order valence-electron chi connectivity index (χ4n) is 3.15. The third-order valence-electron chi connectivity index (χ3n) is 4.33. The van der Waals surface area contributed by atoms with Crippen molar-refractivity contribution in [2.45, 2.75) is 45.2 Å². The molecular formula is C16H18F4O. The molecule has 1 aromatic carbocycles. The lowest BCUT2D eigenvalue weighted by Gasteiger charge is -2.29. The highest BCUT2D eigenvalue weighted by atomic mass is 19.4. The van der Waals surface area contributed by atoms with Crippen LogP contribution in [0.5, 0.6) is 0 Å². The van der Waals surface area contributed by atoms with Gasteiger partial charge in [0.25, 0.3) is 0 Å². The molecule has 1 aromatic rings. The number of Topliss-reactive ketones (excluding diaryl/α,β-unsaturated/α-hetero) is 1. The Morgan fingerprint density at radius 3 is 2.52 bits per heavy atom. The predicted molar refractivity (Wildman–Crippen MR) is 71.5 cm³/mol. The molecule has 0 heterocycles. The molecule has 0 amide bonds. The Labute approximate surface area is 121 Å². The van der Waals surface area contributed by atoms with Gasteiger partial charge in [0, 0.05) is 11.5 Å². The largest absolute Gasteiger partial charge is 0.419 e. The zero-order valence-corrected chi connectivity index (χ0v) is 11.8. The second-order valence-electron chi connectivity index (χ2n) is 5.62. The fourth-order valence-corrected chi connectivity index (χ4v) is 3.15. The van der Waals surface area contributed by atoms with Crippen LogP contribution in [0.3, 0.4) is 0 Å². The molecule has 2 rings (SSSR count). The van der Waals surface area contributed by atoms with Crippen molar-refractivity contribution in [2.75, 3.05) is 0 Å². The number of ketones is 1. The number of alkyl halides is 3. The Balaban J connectivity index is 2.31. The maximum atomic E-state index is 13.3.